The first-order valence-corrected chi connectivity index (χ1v) is 8.96. The number of halogens is 3. The van der Waals surface area contributed by atoms with Gasteiger partial charge in [-0.05, 0) is 25.7 Å². The molecule has 0 bridgehead atoms. The highest BCUT2D eigenvalue weighted by Crippen LogP contribution is 2.34. The highest BCUT2D eigenvalue weighted by Gasteiger charge is 2.42. The Morgan fingerprint density at radius 3 is 2.00 bits per heavy atom. The van der Waals surface area contributed by atoms with Crippen molar-refractivity contribution in [2.75, 3.05) is 39.3 Å². The highest BCUT2D eigenvalue weighted by molar-refractivity contribution is 5.67. The molecular weight excluding hydrogens is 323 g/mol. The summed E-state index contributed by atoms with van der Waals surface area (Å²) in [6.07, 6.45) is 0.378. The van der Waals surface area contributed by atoms with Crippen molar-refractivity contribution in [2.24, 2.45) is 5.92 Å². The molecule has 0 spiro atoms. The molecule has 138 valence electrons. The Balaban J connectivity index is 1.38. The molecule has 24 heavy (non-hydrogen) atoms. The fourth-order valence-electron chi connectivity index (χ4n) is 3.99. The van der Waals surface area contributed by atoms with Gasteiger partial charge in [-0.25, -0.2) is 4.79 Å². The minimum Gasteiger partial charge on any atom is -0.351 e. The molecule has 5 nitrogen and oxygen atoms in total. The lowest BCUT2D eigenvalue weighted by Crippen LogP contribution is -2.51. The van der Waals surface area contributed by atoms with E-state index in [4.69, 9.17) is 4.84 Å². The number of rotatable bonds is 2. The van der Waals surface area contributed by atoms with E-state index < -0.39 is 18.2 Å². The smallest absolute Gasteiger partial charge is 0.351 e. The molecule has 0 aromatic carbocycles. The molecule has 3 fully saturated rings. The molecule has 2 saturated heterocycles. The molecular formula is C16H26F3N3O2. The van der Waals surface area contributed by atoms with Gasteiger partial charge < -0.3 is 9.74 Å². The highest BCUT2D eigenvalue weighted by atomic mass is 19.4. The topological polar surface area (TPSA) is 36.0 Å². The van der Waals surface area contributed by atoms with E-state index in [1.54, 1.807) is 5.06 Å². The van der Waals surface area contributed by atoms with Gasteiger partial charge >= 0.3 is 12.3 Å². The van der Waals surface area contributed by atoms with Crippen LogP contribution in [0, 0.1) is 5.92 Å². The van der Waals surface area contributed by atoms with Gasteiger partial charge in [0.1, 0.15) is 0 Å². The first-order chi connectivity index (χ1) is 11.4. The minimum absolute atomic E-state index is 0.0337. The second-order valence-electron chi connectivity index (χ2n) is 7.06. The van der Waals surface area contributed by atoms with Crippen molar-refractivity contribution in [3.8, 4) is 0 Å². The first-order valence-electron chi connectivity index (χ1n) is 8.96. The third-order valence-corrected chi connectivity index (χ3v) is 5.54. The Labute approximate surface area is 140 Å². The molecule has 0 aromatic heterocycles. The molecule has 0 radical (unpaired) electrons. The third kappa shape index (κ3) is 4.33. The van der Waals surface area contributed by atoms with Crippen LogP contribution in [0.4, 0.5) is 18.0 Å². The van der Waals surface area contributed by atoms with E-state index in [2.05, 4.69) is 4.90 Å². The van der Waals surface area contributed by atoms with E-state index in [9.17, 15) is 18.0 Å². The lowest BCUT2D eigenvalue weighted by Gasteiger charge is -2.38. The van der Waals surface area contributed by atoms with Gasteiger partial charge in [0.15, 0.2) is 0 Å². The predicted molar refractivity (Wildman–Crippen MR) is 82.2 cm³/mol. The number of hydrogen-bond donors (Lipinski definition) is 0. The fraction of sp³-hybridized carbons (Fsp3) is 0.938. The van der Waals surface area contributed by atoms with E-state index >= 15 is 0 Å². The Morgan fingerprint density at radius 2 is 1.46 bits per heavy atom. The summed E-state index contributed by atoms with van der Waals surface area (Å²) in [7, 11) is 0. The zero-order valence-corrected chi connectivity index (χ0v) is 13.9. The van der Waals surface area contributed by atoms with Crippen LogP contribution in [0.3, 0.4) is 0 Å². The number of carbonyl (C=O) groups is 1. The van der Waals surface area contributed by atoms with Gasteiger partial charge in [0.05, 0.1) is 5.92 Å². The van der Waals surface area contributed by atoms with Gasteiger partial charge in [-0.3, -0.25) is 4.90 Å². The van der Waals surface area contributed by atoms with Crippen LogP contribution in [0.1, 0.15) is 38.5 Å². The predicted octanol–water partition coefficient (Wildman–Crippen LogP) is 2.87. The SMILES string of the molecule is O=C(ON1CCN(C2CCCC2)CC1)N1CCC(C(F)(F)F)CC1. The third-order valence-electron chi connectivity index (χ3n) is 5.54. The summed E-state index contributed by atoms with van der Waals surface area (Å²) in [5.41, 5.74) is 0. The normalized spacial score (nSPS) is 26.0. The molecule has 0 aromatic rings. The van der Waals surface area contributed by atoms with E-state index in [1.165, 1.54) is 30.6 Å². The van der Waals surface area contributed by atoms with Crippen LogP contribution >= 0.6 is 0 Å². The van der Waals surface area contributed by atoms with Crippen molar-refractivity contribution in [2.45, 2.75) is 50.7 Å². The van der Waals surface area contributed by atoms with Gasteiger partial charge in [0, 0.05) is 45.3 Å². The first kappa shape index (κ1) is 17.8. The van der Waals surface area contributed by atoms with Crippen LogP contribution in [0.2, 0.25) is 0 Å². The van der Waals surface area contributed by atoms with Crippen LogP contribution in [0.15, 0.2) is 0 Å². The number of nitrogens with zero attached hydrogens (tertiary/aromatic N) is 3. The number of alkyl halides is 3. The van der Waals surface area contributed by atoms with E-state index in [0.717, 1.165) is 13.1 Å². The summed E-state index contributed by atoms with van der Waals surface area (Å²) in [4.78, 5) is 21.4. The molecule has 1 aliphatic carbocycles. The molecule has 2 heterocycles. The van der Waals surface area contributed by atoms with Gasteiger partial charge in [-0.2, -0.15) is 13.2 Å². The Hall–Kier alpha value is -1.02. The molecule has 0 N–H and O–H groups in total. The van der Waals surface area contributed by atoms with Crippen LogP contribution in [-0.2, 0) is 4.84 Å². The minimum atomic E-state index is -4.16. The van der Waals surface area contributed by atoms with Crippen molar-refractivity contribution in [3.63, 3.8) is 0 Å². The monoisotopic (exact) mass is 349 g/mol. The van der Waals surface area contributed by atoms with Crippen LogP contribution in [-0.4, -0.2) is 72.4 Å². The van der Waals surface area contributed by atoms with Gasteiger partial charge in [0.25, 0.3) is 0 Å². The van der Waals surface area contributed by atoms with Crippen LogP contribution < -0.4 is 0 Å². The van der Waals surface area contributed by atoms with E-state index in [0.29, 0.717) is 19.1 Å². The lowest BCUT2D eigenvalue weighted by atomic mass is 9.97. The number of likely N-dealkylation sites (tertiary alicyclic amines) is 1. The molecule has 3 aliphatic rings. The van der Waals surface area contributed by atoms with Crippen LogP contribution in [0.5, 0.6) is 0 Å². The van der Waals surface area contributed by atoms with Crippen molar-refractivity contribution >= 4 is 6.09 Å². The molecule has 3 rings (SSSR count). The van der Waals surface area contributed by atoms with Crippen LogP contribution in [0.25, 0.3) is 0 Å². The number of piperidine rings is 1. The maximum Gasteiger partial charge on any atom is 0.428 e. The molecule has 1 amide bonds. The summed E-state index contributed by atoms with van der Waals surface area (Å²) >= 11 is 0. The molecule has 0 atom stereocenters. The van der Waals surface area contributed by atoms with Gasteiger partial charge in [-0.15, -0.1) is 5.06 Å². The average molecular weight is 349 g/mol. The van der Waals surface area contributed by atoms with Gasteiger partial charge in [0.2, 0.25) is 0 Å². The summed E-state index contributed by atoms with van der Waals surface area (Å²) in [6.45, 7) is 3.33. The van der Waals surface area contributed by atoms with Crippen molar-refractivity contribution in [3.05, 3.63) is 0 Å². The van der Waals surface area contributed by atoms with E-state index in [-0.39, 0.29) is 25.9 Å². The Morgan fingerprint density at radius 1 is 0.875 bits per heavy atom. The van der Waals surface area contributed by atoms with Crippen molar-refractivity contribution in [1.82, 2.24) is 14.9 Å². The quantitative estimate of drug-likeness (QED) is 0.768. The average Bonchev–Trinajstić information content (AvgIpc) is 3.09. The zero-order chi connectivity index (χ0) is 17.2. The standard InChI is InChI=1S/C16H26F3N3O2/c17-16(18,19)13-5-7-21(8-6-13)15(23)24-22-11-9-20(10-12-22)14-3-1-2-4-14/h13-14H,1-12H2. The summed E-state index contributed by atoms with van der Waals surface area (Å²) < 4.78 is 38.0. The van der Waals surface area contributed by atoms with Crippen molar-refractivity contribution in [1.29, 1.82) is 0 Å². The zero-order valence-electron chi connectivity index (χ0n) is 13.9. The lowest BCUT2D eigenvalue weighted by molar-refractivity contribution is -0.186. The maximum atomic E-state index is 12.7. The number of carbonyl (C=O) groups excluding carboxylic acids is 1. The molecule has 2 aliphatic heterocycles. The number of piperazine rings is 1. The summed E-state index contributed by atoms with van der Waals surface area (Å²) in [5, 5.41) is 1.66. The van der Waals surface area contributed by atoms with Gasteiger partial charge in [-0.1, -0.05) is 12.8 Å². The fourth-order valence-corrected chi connectivity index (χ4v) is 3.99. The summed E-state index contributed by atoms with van der Waals surface area (Å²) in [6, 6.07) is 0.671. The summed E-state index contributed by atoms with van der Waals surface area (Å²) in [5.74, 6) is -1.29. The second kappa shape index (κ2) is 7.47. The van der Waals surface area contributed by atoms with E-state index in [1.807, 2.05) is 0 Å². The number of hydroxylamine groups is 2. The van der Waals surface area contributed by atoms with Crippen molar-refractivity contribution < 1.29 is 22.8 Å². The second-order valence-corrected chi connectivity index (χ2v) is 7.06. The largest absolute Gasteiger partial charge is 0.428 e. The number of hydrogen-bond acceptors (Lipinski definition) is 4. The molecule has 0 unspecified atom stereocenters. The Bertz CT molecular complexity index is 425. The molecule has 8 heteroatoms. The number of amides is 1. The Kier molecular flexibility index (Phi) is 5.54. The maximum absolute atomic E-state index is 12.7. The molecule has 1 saturated carbocycles.